The van der Waals surface area contributed by atoms with Gasteiger partial charge in [0, 0.05) is 19.0 Å². The van der Waals surface area contributed by atoms with Gasteiger partial charge in [-0.2, -0.15) is 16.7 Å². The molecular formula is C13H23N3O2S. The molecule has 0 amide bonds. The molecule has 1 heterocycles. The van der Waals surface area contributed by atoms with Crippen molar-refractivity contribution in [3.05, 3.63) is 11.7 Å². The van der Waals surface area contributed by atoms with Crippen LogP contribution in [0.3, 0.4) is 0 Å². The van der Waals surface area contributed by atoms with E-state index in [2.05, 4.69) is 10.1 Å². The van der Waals surface area contributed by atoms with Crippen LogP contribution in [0.5, 0.6) is 0 Å². The molecule has 1 aromatic rings. The van der Waals surface area contributed by atoms with Crippen molar-refractivity contribution in [3.8, 4) is 0 Å². The zero-order valence-electron chi connectivity index (χ0n) is 11.5. The molecule has 0 saturated heterocycles. The lowest BCUT2D eigenvalue weighted by molar-refractivity contribution is 0.182. The van der Waals surface area contributed by atoms with Crippen LogP contribution in [-0.2, 0) is 10.5 Å². The van der Waals surface area contributed by atoms with E-state index in [4.69, 9.17) is 15.0 Å². The summed E-state index contributed by atoms with van der Waals surface area (Å²) in [5.41, 5.74) is 5.95. The van der Waals surface area contributed by atoms with Crippen molar-refractivity contribution in [2.24, 2.45) is 5.73 Å². The summed E-state index contributed by atoms with van der Waals surface area (Å²) in [7, 11) is 1.66. The van der Waals surface area contributed by atoms with Gasteiger partial charge in [0.05, 0.1) is 11.8 Å². The molecule has 0 aliphatic heterocycles. The summed E-state index contributed by atoms with van der Waals surface area (Å²) in [6, 6.07) is -0.221. The lowest BCUT2D eigenvalue weighted by atomic mass is 10.0. The maximum atomic E-state index is 5.95. The SMILES string of the molecule is COCCC(N)c1nc(CSC2CCCCC2)no1. The van der Waals surface area contributed by atoms with Crippen molar-refractivity contribution in [1.82, 2.24) is 10.1 Å². The lowest BCUT2D eigenvalue weighted by Crippen LogP contribution is -2.13. The first kappa shape index (κ1) is 14.8. The molecule has 1 aliphatic rings. The monoisotopic (exact) mass is 285 g/mol. The van der Waals surface area contributed by atoms with Crippen LogP contribution in [-0.4, -0.2) is 29.1 Å². The predicted octanol–water partition coefficient (Wildman–Crippen LogP) is 2.67. The van der Waals surface area contributed by atoms with Crippen molar-refractivity contribution in [2.45, 2.75) is 55.6 Å². The molecule has 108 valence electrons. The Morgan fingerprint density at radius 3 is 2.95 bits per heavy atom. The third-order valence-electron chi connectivity index (χ3n) is 3.43. The van der Waals surface area contributed by atoms with Crippen LogP contribution in [0.2, 0.25) is 0 Å². The number of ether oxygens (including phenoxy) is 1. The molecule has 2 rings (SSSR count). The van der Waals surface area contributed by atoms with Crippen molar-refractivity contribution in [3.63, 3.8) is 0 Å². The Kier molecular flexibility index (Phi) is 6.13. The molecule has 1 unspecified atom stereocenters. The van der Waals surface area contributed by atoms with E-state index in [1.54, 1.807) is 7.11 Å². The van der Waals surface area contributed by atoms with Gasteiger partial charge in [0.1, 0.15) is 0 Å². The van der Waals surface area contributed by atoms with E-state index in [0.717, 1.165) is 16.8 Å². The van der Waals surface area contributed by atoms with E-state index in [0.29, 0.717) is 18.9 Å². The minimum absolute atomic E-state index is 0.221. The first-order valence-electron chi connectivity index (χ1n) is 6.98. The smallest absolute Gasteiger partial charge is 0.243 e. The van der Waals surface area contributed by atoms with Gasteiger partial charge in [0.15, 0.2) is 5.82 Å². The summed E-state index contributed by atoms with van der Waals surface area (Å²) in [6.07, 6.45) is 7.45. The standard InChI is InChI=1S/C13H23N3O2S/c1-17-8-7-11(14)13-15-12(16-18-13)9-19-10-5-3-2-4-6-10/h10-11H,2-9,14H2,1H3. The molecular weight excluding hydrogens is 262 g/mol. The van der Waals surface area contributed by atoms with E-state index < -0.39 is 0 Å². The molecule has 2 N–H and O–H groups in total. The van der Waals surface area contributed by atoms with Gasteiger partial charge in [0.2, 0.25) is 5.89 Å². The minimum Gasteiger partial charge on any atom is -0.385 e. The van der Waals surface area contributed by atoms with Gasteiger partial charge in [-0.25, -0.2) is 0 Å². The first-order chi connectivity index (χ1) is 9.29. The second-order valence-electron chi connectivity index (χ2n) is 5.01. The molecule has 5 nitrogen and oxygen atoms in total. The van der Waals surface area contributed by atoms with Crippen molar-refractivity contribution in [1.29, 1.82) is 0 Å². The quantitative estimate of drug-likeness (QED) is 0.830. The highest BCUT2D eigenvalue weighted by molar-refractivity contribution is 7.99. The first-order valence-corrected chi connectivity index (χ1v) is 8.03. The van der Waals surface area contributed by atoms with Crippen LogP contribution in [0.4, 0.5) is 0 Å². The van der Waals surface area contributed by atoms with Crippen LogP contribution >= 0.6 is 11.8 Å². The molecule has 6 heteroatoms. The maximum Gasteiger partial charge on any atom is 0.243 e. The van der Waals surface area contributed by atoms with Gasteiger partial charge in [-0.15, -0.1) is 0 Å². The third-order valence-corrected chi connectivity index (χ3v) is 4.80. The van der Waals surface area contributed by atoms with Crippen LogP contribution < -0.4 is 5.73 Å². The molecule has 1 aliphatic carbocycles. The summed E-state index contributed by atoms with van der Waals surface area (Å²) < 4.78 is 10.2. The average Bonchev–Trinajstić information content (AvgIpc) is 2.92. The fourth-order valence-corrected chi connectivity index (χ4v) is 3.44. The number of thioether (sulfide) groups is 1. The Hall–Kier alpha value is -0.590. The zero-order chi connectivity index (χ0) is 13.5. The second kappa shape index (κ2) is 7.87. The minimum atomic E-state index is -0.221. The van der Waals surface area contributed by atoms with Crippen LogP contribution in [0.25, 0.3) is 0 Å². The highest BCUT2D eigenvalue weighted by atomic mass is 32.2. The summed E-state index contributed by atoms with van der Waals surface area (Å²) in [5, 5.41) is 4.76. The Morgan fingerprint density at radius 2 is 2.21 bits per heavy atom. The Morgan fingerprint density at radius 1 is 1.42 bits per heavy atom. The van der Waals surface area contributed by atoms with Crippen LogP contribution in [0, 0.1) is 0 Å². The molecule has 1 fully saturated rings. The van der Waals surface area contributed by atoms with E-state index in [1.807, 2.05) is 11.8 Å². The molecule has 19 heavy (non-hydrogen) atoms. The predicted molar refractivity (Wildman–Crippen MR) is 75.9 cm³/mol. The lowest BCUT2D eigenvalue weighted by Gasteiger charge is -2.19. The number of nitrogens with zero attached hydrogens (tertiary/aromatic N) is 2. The molecule has 1 saturated carbocycles. The van der Waals surface area contributed by atoms with Gasteiger partial charge in [-0.1, -0.05) is 24.4 Å². The summed E-state index contributed by atoms with van der Waals surface area (Å²) in [4.78, 5) is 4.37. The fourth-order valence-electron chi connectivity index (χ4n) is 2.27. The normalized spacial score (nSPS) is 18.6. The highest BCUT2D eigenvalue weighted by Crippen LogP contribution is 2.30. The summed E-state index contributed by atoms with van der Waals surface area (Å²) in [6.45, 7) is 0.607. The van der Waals surface area contributed by atoms with Gasteiger partial charge in [-0.05, 0) is 19.3 Å². The Balaban J connectivity index is 1.76. The molecule has 0 bridgehead atoms. The summed E-state index contributed by atoms with van der Waals surface area (Å²) >= 11 is 1.94. The number of methoxy groups -OCH3 is 1. The Labute approximate surface area is 118 Å². The third kappa shape index (κ3) is 4.78. The van der Waals surface area contributed by atoms with E-state index >= 15 is 0 Å². The molecule has 0 radical (unpaired) electrons. The Bertz CT molecular complexity index is 367. The van der Waals surface area contributed by atoms with E-state index in [1.165, 1.54) is 32.1 Å². The van der Waals surface area contributed by atoms with E-state index in [9.17, 15) is 0 Å². The number of hydrogen-bond donors (Lipinski definition) is 1. The number of hydrogen-bond acceptors (Lipinski definition) is 6. The molecule has 1 atom stereocenters. The van der Waals surface area contributed by atoms with Gasteiger partial charge < -0.3 is 15.0 Å². The highest BCUT2D eigenvalue weighted by Gasteiger charge is 2.17. The zero-order valence-corrected chi connectivity index (χ0v) is 12.3. The van der Waals surface area contributed by atoms with Crippen LogP contribution in [0.1, 0.15) is 56.3 Å². The fraction of sp³-hybridized carbons (Fsp3) is 0.846. The maximum absolute atomic E-state index is 5.95. The van der Waals surface area contributed by atoms with Crippen LogP contribution in [0.15, 0.2) is 4.52 Å². The number of aromatic nitrogens is 2. The van der Waals surface area contributed by atoms with Gasteiger partial charge in [0.25, 0.3) is 0 Å². The molecule has 1 aromatic heterocycles. The van der Waals surface area contributed by atoms with Gasteiger partial charge in [-0.3, -0.25) is 0 Å². The molecule has 0 spiro atoms. The van der Waals surface area contributed by atoms with Crippen molar-refractivity contribution >= 4 is 11.8 Å². The average molecular weight is 285 g/mol. The van der Waals surface area contributed by atoms with E-state index in [-0.39, 0.29) is 6.04 Å². The van der Waals surface area contributed by atoms with Crippen molar-refractivity contribution < 1.29 is 9.26 Å². The number of nitrogens with two attached hydrogens (primary N) is 1. The largest absolute Gasteiger partial charge is 0.385 e. The summed E-state index contributed by atoms with van der Waals surface area (Å²) in [5.74, 6) is 2.11. The number of rotatable bonds is 7. The van der Waals surface area contributed by atoms with Gasteiger partial charge >= 0.3 is 0 Å². The molecule has 0 aromatic carbocycles. The second-order valence-corrected chi connectivity index (χ2v) is 6.30. The van der Waals surface area contributed by atoms with Crippen molar-refractivity contribution in [2.75, 3.05) is 13.7 Å². The topological polar surface area (TPSA) is 74.2 Å².